The third-order valence-corrected chi connectivity index (χ3v) is 6.42. The second-order valence-corrected chi connectivity index (χ2v) is 8.76. The predicted molar refractivity (Wildman–Crippen MR) is 146 cm³/mol. The summed E-state index contributed by atoms with van der Waals surface area (Å²) in [6.45, 7) is 0.329. The van der Waals surface area contributed by atoms with Crippen molar-refractivity contribution in [2.45, 2.75) is 6.54 Å². The van der Waals surface area contributed by atoms with E-state index in [1.54, 1.807) is 32.4 Å². The molecule has 0 aliphatic heterocycles. The lowest BCUT2D eigenvalue weighted by Crippen LogP contribution is -2.22. The van der Waals surface area contributed by atoms with Gasteiger partial charge in [-0.2, -0.15) is 0 Å². The zero-order chi connectivity index (χ0) is 25.8. The molecular weight excluding hydrogens is 486 g/mol. The van der Waals surface area contributed by atoms with Crippen molar-refractivity contribution in [2.75, 3.05) is 14.2 Å². The van der Waals surface area contributed by atoms with Crippen LogP contribution in [0.1, 0.15) is 15.9 Å². The molecule has 0 spiro atoms. The Balaban J connectivity index is 1.54. The number of aromatic nitrogens is 2. The van der Waals surface area contributed by atoms with Crippen molar-refractivity contribution >= 4 is 28.5 Å². The molecule has 1 heterocycles. The van der Waals surface area contributed by atoms with E-state index in [9.17, 15) is 4.79 Å². The van der Waals surface area contributed by atoms with Gasteiger partial charge in [-0.3, -0.25) is 4.79 Å². The third kappa shape index (κ3) is 5.25. The summed E-state index contributed by atoms with van der Waals surface area (Å²) in [4.78, 5) is 22.8. The fourth-order valence-corrected chi connectivity index (χ4v) is 4.22. The van der Waals surface area contributed by atoms with Gasteiger partial charge in [0.1, 0.15) is 11.5 Å². The molecule has 0 atom stereocenters. The lowest BCUT2D eigenvalue weighted by atomic mass is 10.0. The topological polar surface area (TPSA) is 73.3 Å². The Kier molecular flexibility index (Phi) is 7.01. The summed E-state index contributed by atoms with van der Waals surface area (Å²) < 4.78 is 10.6. The molecule has 0 saturated carbocycles. The van der Waals surface area contributed by atoms with E-state index < -0.39 is 0 Å². The van der Waals surface area contributed by atoms with E-state index in [2.05, 4.69) is 5.32 Å². The van der Waals surface area contributed by atoms with Gasteiger partial charge in [0.25, 0.3) is 5.91 Å². The van der Waals surface area contributed by atoms with Crippen LogP contribution in [0.15, 0.2) is 91.0 Å². The minimum atomic E-state index is -0.214. The summed E-state index contributed by atoms with van der Waals surface area (Å²) in [7, 11) is 3.27. The minimum absolute atomic E-state index is 0.214. The van der Waals surface area contributed by atoms with Crippen molar-refractivity contribution in [3.05, 3.63) is 107 Å². The average Bonchev–Trinajstić information content (AvgIpc) is 2.95. The van der Waals surface area contributed by atoms with E-state index in [1.807, 2.05) is 72.8 Å². The van der Waals surface area contributed by atoms with Crippen LogP contribution in [-0.4, -0.2) is 30.1 Å². The fraction of sp³-hybridized carbons (Fsp3) is 0.100. The quantitative estimate of drug-likeness (QED) is 0.269. The molecule has 5 aromatic rings. The number of carbonyl (C=O) groups excluding carboxylic acids is 1. The predicted octanol–water partition coefficient (Wildman–Crippen LogP) is 6.56. The van der Waals surface area contributed by atoms with Gasteiger partial charge in [0, 0.05) is 28.3 Å². The maximum Gasteiger partial charge on any atom is 0.251 e. The molecule has 0 radical (unpaired) electrons. The van der Waals surface area contributed by atoms with Gasteiger partial charge in [0.15, 0.2) is 0 Å². The number of amides is 1. The van der Waals surface area contributed by atoms with Crippen molar-refractivity contribution in [1.29, 1.82) is 0 Å². The lowest BCUT2D eigenvalue weighted by molar-refractivity contribution is 0.0951. The smallest absolute Gasteiger partial charge is 0.251 e. The lowest BCUT2D eigenvalue weighted by Gasteiger charge is -2.12. The largest absolute Gasteiger partial charge is 0.497 e. The van der Waals surface area contributed by atoms with Crippen molar-refractivity contribution in [2.24, 2.45) is 0 Å². The molecule has 1 amide bonds. The van der Waals surface area contributed by atoms with Crippen LogP contribution in [0.4, 0.5) is 0 Å². The Morgan fingerprint density at radius 2 is 1.32 bits per heavy atom. The Morgan fingerprint density at radius 3 is 1.89 bits per heavy atom. The Hall–Kier alpha value is -4.42. The minimum Gasteiger partial charge on any atom is -0.497 e. The third-order valence-electron chi connectivity index (χ3n) is 6.05. The molecule has 0 aliphatic carbocycles. The van der Waals surface area contributed by atoms with Gasteiger partial charge in [-0.05, 0) is 78.4 Å². The molecule has 5 rings (SSSR count). The Morgan fingerprint density at radius 1 is 0.757 bits per heavy atom. The van der Waals surface area contributed by atoms with Crippen LogP contribution >= 0.6 is 11.6 Å². The molecule has 0 bridgehead atoms. The van der Waals surface area contributed by atoms with Gasteiger partial charge in [-0.15, -0.1) is 0 Å². The second-order valence-electron chi connectivity index (χ2n) is 8.36. The molecule has 0 fully saturated rings. The number of ether oxygens (including phenoxy) is 2. The summed E-state index contributed by atoms with van der Waals surface area (Å²) in [5.74, 6) is 1.30. The number of carbonyl (C=O) groups is 1. The van der Waals surface area contributed by atoms with Crippen LogP contribution < -0.4 is 14.8 Å². The van der Waals surface area contributed by atoms with E-state index in [0.717, 1.165) is 33.9 Å². The van der Waals surface area contributed by atoms with Gasteiger partial charge >= 0.3 is 0 Å². The van der Waals surface area contributed by atoms with Crippen molar-refractivity contribution in [3.63, 3.8) is 0 Å². The highest BCUT2D eigenvalue weighted by atomic mass is 35.5. The van der Waals surface area contributed by atoms with Crippen molar-refractivity contribution in [3.8, 4) is 34.0 Å². The number of hydrogen-bond donors (Lipinski definition) is 1. The molecule has 0 saturated heterocycles. The number of rotatable bonds is 7. The molecule has 6 nitrogen and oxygen atoms in total. The first-order valence-electron chi connectivity index (χ1n) is 11.7. The maximum absolute atomic E-state index is 12.9. The van der Waals surface area contributed by atoms with Gasteiger partial charge < -0.3 is 14.8 Å². The summed E-state index contributed by atoms with van der Waals surface area (Å²) in [6.07, 6.45) is 0. The fourth-order valence-electron chi connectivity index (χ4n) is 4.02. The Labute approximate surface area is 219 Å². The second kappa shape index (κ2) is 10.7. The number of fused-ring (bicyclic) bond motifs is 1. The first-order chi connectivity index (χ1) is 18.1. The zero-order valence-corrected chi connectivity index (χ0v) is 21.1. The average molecular weight is 510 g/mol. The molecule has 4 aromatic carbocycles. The van der Waals surface area contributed by atoms with E-state index in [4.69, 9.17) is 31.0 Å². The highest BCUT2D eigenvalue weighted by Gasteiger charge is 2.16. The molecule has 184 valence electrons. The Bertz CT molecular complexity index is 1570. The van der Waals surface area contributed by atoms with Crippen LogP contribution in [-0.2, 0) is 6.54 Å². The monoisotopic (exact) mass is 509 g/mol. The van der Waals surface area contributed by atoms with Crippen LogP contribution in [0.2, 0.25) is 5.02 Å². The summed E-state index contributed by atoms with van der Waals surface area (Å²) in [6, 6.07) is 28.1. The number of methoxy groups -OCH3 is 2. The highest BCUT2D eigenvalue weighted by Crippen LogP contribution is 2.33. The molecular formula is C30H24ClN3O3. The number of nitrogens with one attached hydrogen (secondary N) is 1. The normalized spacial score (nSPS) is 10.8. The number of hydrogen-bond acceptors (Lipinski definition) is 5. The standard InChI is InChI=1S/C30H24ClN3O3/c1-36-23-12-7-19(8-13-23)28-29(20-9-14-24(37-2)15-10-20)34-27-17-21(11-16-26(27)33-28)30(35)32-18-22-5-3-4-6-25(22)31/h3-17H,18H2,1-2H3,(H,32,35). The molecule has 37 heavy (non-hydrogen) atoms. The number of nitrogens with zero attached hydrogens (tertiary/aromatic N) is 2. The first kappa shape index (κ1) is 24.3. The number of halogens is 1. The van der Waals surface area contributed by atoms with E-state index >= 15 is 0 Å². The molecule has 7 heteroatoms. The van der Waals surface area contributed by atoms with E-state index in [1.165, 1.54) is 0 Å². The van der Waals surface area contributed by atoms with Crippen LogP contribution in [0.25, 0.3) is 33.5 Å². The molecule has 0 aliphatic rings. The van der Waals surface area contributed by atoms with Gasteiger partial charge in [0.05, 0.1) is 36.6 Å². The maximum atomic E-state index is 12.9. The van der Waals surface area contributed by atoms with Gasteiger partial charge in [0.2, 0.25) is 0 Å². The summed E-state index contributed by atoms with van der Waals surface area (Å²) in [5, 5.41) is 3.54. The van der Waals surface area contributed by atoms with Gasteiger partial charge in [-0.1, -0.05) is 29.8 Å². The van der Waals surface area contributed by atoms with Crippen LogP contribution in [0.3, 0.4) is 0 Å². The van der Waals surface area contributed by atoms with Gasteiger partial charge in [-0.25, -0.2) is 9.97 Å². The van der Waals surface area contributed by atoms with E-state index in [0.29, 0.717) is 33.9 Å². The molecule has 1 N–H and O–H groups in total. The number of benzene rings is 4. The SMILES string of the molecule is COc1ccc(-c2nc3ccc(C(=O)NCc4ccccc4Cl)cc3nc2-c2ccc(OC)cc2)cc1. The van der Waals surface area contributed by atoms with Crippen LogP contribution in [0, 0.1) is 0 Å². The summed E-state index contributed by atoms with van der Waals surface area (Å²) >= 11 is 6.22. The summed E-state index contributed by atoms with van der Waals surface area (Å²) in [5.41, 5.74) is 5.87. The van der Waals surface area contributed by atoms with E-state index in [-0.39, 0.29) is 5.91 Å². The van der Waals surface area contributed by atoms with Crippen molar-refractivity contribution < 1.29 is 14.3 Å². The molecule has 0 unspecified atom stereocenters. The van der Waals surface area contributed by atoms with Crippen LogP contribution in [0.5, 0.6) is 11.5 Å². The zero-order valence-electron chi connectivity index (χ0n) is 20.4. The molecule has 1 aromatic heterocycles. The first-order valence-corrected chi connectivity index (χ1v) is 12.1. The highest BCUT2D eigenvalue weighted by molar-refractivity contribution is 6.31. The van der Waals surface area contributed by atoms with Crippen molar-refractivity contribution in [1.82, 2.24) is 15.3 Å².